The fraction of sp³-hybridized carbons (Fsp3) is 0.350. The van der Waals surface area contributed by atoms with E-state index in [9.17, 15) is 0 Å². The molecule has 2 aromatic carbocycles. The van der Waals surface area contributed by atoms with Gasteiger partial charge in [0.1, 0.15) is 0 Å². The fourth-order valence-corrected chi connectivity index (χ4v) is 3.83. The molecule has 0 saturated carbocycles. The van der Waals surface area contributed by atoms with Crippen LogP contribution in [0.4, 0.5) is 5.69 Å². The topological polar surface area (TPSA) is 18.5 Å². The second-order valence-corrected chi connectivity index (χ2v) is 7.98. The number of aryl methyl sites for hydroxylation is 2. The molecule has 1 aliphatic heterocycles. The number of nitrogens with one attached hydrogen (secondary N) is 1. The lowest BCUT2D eigenvalue weighted by molar-refractivity contribution is 0.177. The van der Waals surface area contributed by atoms with E-state index >= 15 is 0 Å². The van der Waals surface area contributed by atoms with Crippen LogP contribution in [0, 0.1) is 13.8 Å². The van der Waals surface area contributed by atoms with Crippen molar-refractivity contribution in [3.63, 3.8) is 0 Å². The van der Waals surface area contributed by atoms with Crippen molar-refractivity contribution in [3.8, 4) is 0 Å². The lowest BCUT2D eigenvalue weighted by Gasteiger charge is -2.36. The van der Waals surface area contributed by atoms with Gasteiger partial charge >= 0.3 is 0 Å². The van der Waals surface area contributed by atoms with E-state index in [1.807, 2.05) is 12.1 Å². The minimum Gasteiger partial charge on any atom is -0.346 e. The first kappa shape index (κ1) is 19.4. The van der Waals surface area contributed by atoms with Crippen LogP contribution in [-0.4, -0.2) is 41.1 Å². The zero-order valence-corrected chi connectivity index (χ0v) is 17.4. The van der Waals surface area contributed by atoms with Crippen LogP contribution in [0.2, 0.25) is 10.0 Å². The molecule has 6 heteroatoms. The van der Waals surface area contributed by atoms with E-state index in [0.29, 0.717) is 5.02 Å². The van der Waals surface area contributed by atoms with Gasteiger partial charge in [0, 0.05) is 48.5 Å². The van der Waals surface area contributed by atoms with Crippen LogP contribution in [0.25, 0.3) is 0 Å². The molecule has 0 aromatic heterocycles. The Balaban J connectivity index is 1.54. The van der Waals surface area contributed by atoms with Gasteiger partial charge in [-0.1, -0.05) is 41.4 Å². The molecular weight excluding hydrogens is 385 g/mol. The predicted molar refractivity (Wildman–Crippen MR) is 115 cm³/mol. The Morgan fingerprint density at radius 2 is 1.77 bits per heavy atom. The predicted octanol–water partition coefficient (Wildman–Crippen LogP) is 5.12. The van der Waals surface area contributed by atoms with Gasteiger partial charge in [-0.15, -0.1) is 0 Å². The first-order valence-electron chi connectivity index (χ1n) is 8.72. The Bertz CT molecular complexity index is 802. The Morgan fingerprint density at radius 1 is 1.04 bits per heavy atom. The Morgan fingerprint density at radius 3 is 2.46 bits per heavy atom. The molecule has 0 spiro atoms. The number of hydrogen-bond donors (Lipinski definition) is 1. The fourth-order valence-electron chi connectivity index (χ4n) is 3.06. The van der Waals surface area contributed by atoms with Crippen LogP contribution in [0.15, 0.2) is 36.4 Å². The molecule has 0 aliphatic carbocycles. The summed E-state index contributed by atoms with van der Waals surface area (Å²) < 4.78 is 0. The smallest absolute Gasteiger partial charge is 0.173 e. The van der Waals surface area contributed by atoms with E-state index < -0.39 is 0 Å². The molecule has 3 nitrogen and oxygen atoms in total. The highest BCUT2D eigenvalue weighted by Gasteiger charge is 2.20. The van der Waals surface area contributed by atoms with E-state index in [-0.39, 0.29) is 0 Å². The summed E-state index contributed by atoms with van der Waals surface area (Å²) in [4.78, 5) is 4.63. The number of halogens is 2. The lowest BCUT2D eigenvalue weighted by atomic mass is 10.1. The van der Waals surface area contributed by atoms with Gasteiger partial charge in [0.05, 0.1) is 0 Å². The zero-order chi connectivity index (χ0) is 18.7. The average Bonchev–Trinajstić information content (AvgIpc) is 2.61. The van der Waals surface area contributed by atoms with Crippen molar-refractivity contribution in [3.05, 3.63) is 63.1 Å². The number of anilines is 1. The molecule has 26 heavy (non-hydrogen) atoms. The summed E-state index contributed by atoms with van der Waals surface area (Å²) in [5.74, 6) is 0. The SMILES string of the molecule is Cc1ccc(C)c(NC(=S)N2CCN(Cc3ccc(Cl)cc3Cl)CC2)c1. The molecule has 1 heterocycles. The minimum absolute atomic E-state index is 0.673. The highest BCUT2D eigenvalue weighted by atomic mass is 35.5. The largest absolute Gasteiger partial charge is 0.346 e. The van der Waals surface area contributed by atoms with Gasteiger partial charge in [-0.3, -0.25) is 4.90 Å². The number of nitrogens with zero attached hydrogens (tertiary/aromatic N) is 2. The summed E-state index contributed by atoms with van der Waals surface area (Å²) in [5.41, 5.74) is 4.63. The molecule has 0 unspecified atom stereocenters. The van der Waals surface area contributed by atoms with Crippen LogP contribution < -0.4 is 5.32 Å². The first-order chi connectivity index (χ1) is 12.4. The number of hydrogen-bond acceptors (Lipinski definition) is 2. The molecule has 1 fully saturated rings. The Labute approximate surface area is 170 Å². The highest BCUT2D eigenvalue weighted by Crippen LogP contribution is 2.23. The zero-order valence-electron chi connectivity index (χ0n) is 15.1. The number of thiocarbonyl (C=S) groups is 1. The van der Waals surface area contributed by atoms with Crippen molar-refractivity contribution in [2.24, 2.45) is 0 Å². The van der Waals surface area contributed by atoms with Crippen LogP contribution in [0.1, 0.15) is 16.7 Å². The maximum atomic E-state index is 6.29. The average molecular weight is 408 g/mol. The van der Waals surface area contributed by atoms with Gasteiger partial charge in [-0.2, -0.15) is 0 Å². The summed E-state index contributed by atoms with van der Waals surface area (Å²) in [6.45, 7) is 8.73. The maximum absolute atomic E-state index is 6.29. The molecule has 0 atom stereocenters. The Hall–Kier alpha value is -1.33. The third kappa shape index (κ3) is 4.89. The standard InChI is InChI=1S/C20H23Cl2N3S/c1-14-3-4-15(2)19(11-14)23-20(26)25-9-7-24(8-10-25)13-16-5-6-17(21)12-18(16)22/h3-6,11-12H,7-10,13H2,1-2H3,(H,23,26). The van der Waals surface area contributed by atoms with Crippen molar-refractivity contribution >= 4 is 46.2 Å². The van der Waals surface area contributed by atoms with Crippen molar-refractivity contribution in [2.75, 3.05) is 31.5 Å². The molecule has 0 amide bonds. The molecule has 0 radical (unpaired) electrons. The van der Waals surface area contributed by atoms with Gasteiger partial charge in [0.25, 0.3) is 0 Å². The molecule has 1 N–H and O–H groups in total. The summed E-state index contributed by atoms with van der Waals surface area (Å²) in [6.07, 6.45) is 0. The maximum Gasteiger partial charge on any atom is 0.173 e. The van der Waals surface area contributed by atoms with E-state index in [2.05, 4.69) is 47.2 Å². The summed E-state index contributed by atoms with van der Waals surface area (Å²) in [6, 6.07) is 12.1. The van der Waals surface area contributed by atoms with E-state index in [4.69, 9.17) is 35.4 Å². The second-order valence-electron chi connectivity index (χ2n) is 6.75. The molecular formula is C20H23Cl2N3S. The van der Waals surface area contributed by atoms with Gasteiger partial charge in [-0.25, -0.2) is 0 Å². The van der Waals surface area contributed by atoms with Crippen molar-refractivity contribution in [2.45, 2.75) is 20.4 Å². The molecule has 2 aromatic rings. The van der Waals surface area contributed by atoms with E-state index in [0.717, 1.165) is 54.1 Å². The number of rotatable bonds is 3. The van der Waals surface area contributed by atoms with E-state index in [1.165, 1.54) is 11.1 Å². The normalized spacial score (nSPS) is 15.2. The van der Waals surface area contributed by atoms with E-state index in [1.54, 1.807) is 6.07 Å². The number of piperazine rings is 1. The molecule has 3 rings (SSSR count). The third-order valence-electron chi connectivity index (χ3n) is 4.70. The Kier molecular flexibility index (Phi) is 6.41. The minimum atomic E-state index is 0.673. The third-order valence-corrected chi connectivity index (χ3v) is 5.65. The van der Waals surface area contributed by atoms with Crippen molar-refractivity contribution in [1.29, 1.82) is 0 Å². The van der Waals surface area contributed by atoms with Crippen LogP contribution in [-0.2, 0) is 6.54 Å². The summed E-state index contributed by atoms with van der Waals surface area (Å²) in [5, 5.41) is 5.60. The molecule has 0 bridgehead atoms. The lowest BCUT2D eigenvalue weighted by Crippen LogP contribution is -2.49. The van der Waals surface area contributed by atoms with Gasteiger partial charge in [0.15, 0.2) is 5.11 Å². The van der Waals surface area contributed by atoms with Gasteiger partial charge in [-0.05, 0) is 61.0 Å². The first-order valence-corrected chi connectivity index (χ1v) is 9.88. The van der Waals surface area contributed by atoms with Gasteiger partial charge in [0.2, 0.25) is 0 Å². The quantitative estimate of drug-likeness (QED) is 0.710. The van der Waals surface area contributed by atoms with Crippen molar-refractivity contribution in [1.82, 2.24) is 9.80 Å². The highest BCUT2D eigenvalue weighted by molar-refractivity contribution is 7.80. The summed E-state index contributed by atoms with van der Waals surface area (Å²) in [7, 11) is 0. The van der Waals surface area contributed by atoms with Gasteiger partial charge < -0.3 is 10.2 Å². The molecule has 138 valence electrons. The van der Waals surface area contributed by atoms with Crippen LogP contribution in [0.5, 0.6) is 0 Å². The molecule has 1 saturated heterocycles. The number of benzene rings is 2. The van der Waals surface area contributed by atoms with Crippen molar-refractivity contribution < 1.29 is 0 Å². The van der Waals surface area contributed by atoms with Crippen LogP contribution >= 0.6 is 35.4 Å². The molecule has 1 aliphatic rings. The second kappa shape index (κ2) is 8.57. The van der Waals surface area contributed by atoms with Crippen LogP contribution in [0.3, 0.4) is 0 Å². The monoisotopic (exact) mass is 407 g/mol. The summed E-state index contributed by atoms with van der Waals surface area (Å²) >= 11 is 17.9.